The number of hydrogen-bond acceptors (Lipinski definition) is 2. The maximum absolute atomic E-state index is 4.19. The van der Waals surface area contributed by atoms with Crippen LogP contribution >= 0.6 is 0 Å². The summed E-state index contributed by atoms with van der Waals surface area (Å²) < 4.78 is 0. The van der Waals surface area contributed by atoms with Gasteiger partial charge in [-0.25, -0.2) is 0 Å². The Labute approximate surface area is 184 Å². The molecule has 0 spiro atoms. The highest BCUT2D eigenvalue weighted by molar-refractivity contribution is 5.52. The Bertz CT molecular complexity index is 736. The molecule has 2 aromatic rings. The second kappa shape index (κ2) is 12.3. The largest absolute Gasteiger partial charge is 0.359 e. The van der Waals surface area contributed by atoms with Crippen LogP contribution in [0, 0.1) is 27.7 Å². The number of rotatable bonds is 13. The Hall–Kier alpha value is -2.48. The minimum Gasteiger partial charge on any atom is -0.359 e. The van der Waals surface area contributed by atoms with Gasteiger partial charge in [0, 0.05) is 22.8 Å². The smallest absolute Gasteiger partial charge is 0.0386 e. The molecular weight excluding hydrogens is 364 g/mol. The molecule has 162 valence electrons. The fraction of sp³-hybridized carbons (Fsp3) is 0.429. The van der Waals surface area contributed by atoms with Crippen molar-refractivity contribution in [1.82, 2.24) is 0 Å². The molecule has 0 fully saturated rings. The molecule has 0 aliphatic carbocycles. The molecule has 0 amide bonds. The van der Waals surface area contributed by atoms with E-state index in [4.69, 9.17) is 0 Å². The molecule has 2 aromatic carbocycles. The lowest BCUT2D eigenvalue weighted by Gasteiger charge is -2.12. The summed E-state index contributed by atoms with van der Waals surface area (Å²) in [5.74, 6) is 0. The van der Waals surface area contributed by atoms with E-state index in [0.717, 1.165) is 35.6 Å². The lowest BCUT2D eigenvalue weighted by atomic mass is 10.1. The molecule has 0 radical (unpaired) electrons. The van der Waals surface area contributed by atoms with Gasteiger partial charge >= 0.3 is 0 Å². The van der Waals surface area contributed by atoms with Gasteiger partial charge in [0.05, 0.1) is 0 Å². The Morgan fingerprint density at radius 3 is 1.17 bits per heavy atom. The normalized spacial score (nSPS) is 10.7. The minimum atomic E-state index is 1.05. The Morgan fingerprint density at radius 1 is 0.533 bits per heavy atom. The van der Waals surface area contributed by atoms with Crippen LogP contribution in [-0.2, 0) is 0 Å². The van der Waals surface area contributed by atoms with Crippen molar-refractivity contribution >= 4 is 11.4 Å². The van der Waals surface area contributed by atoms with Crippen LogP contribution in [0.4, 0.5) is 11.4 Å². The van der Waals surface area contributed by atoms with E-state index in [9.17, 15) is 0 Å². The van der Waals surface area contributed by atoms with Gasteiger partial charge in [-0.3, -0.25) is 0 Å². The van der Waals surface area contributed by atoms with Crippen LogP contribution in [0.3, 0.4) is 0 Å². The first-order chi connectivity index (χ1) is 14.3. The average Bonchev–Trinajstić information content (AvgIpc) is 2.62. The van der Waals surface area contributed by atoms with E-state index >= 15 is 0 Å². The summed E-state index contributed by atoms with van der Waals surface area (Å²) in [6, 6.07) is 13.1. The lowest BCUT2D eigenvalue weighted by molar-refractivity contribution is 0.593. The zero-order valence-electron chi connectivity index (χ0n) is 19.5. The summed E-state index contributed by atoms with van der Waals surface area (Å²) in [6.07, 6.45) is 9.65. The van der Waals surface area contributed by atoms with Crippen LogP contribution in [0.2, 0.25) is 0 Å². The topological polar surface area (TPSA) is 24.1 Å². The summed E-state index contributed by atoms with van der Waals surface area (Å²) in [4.78, 5) is 0. The van der Waals surface area contributed by atoms with E-state index in [1.807, 2.05) is 0 Å². The number of nitrogens with one attached hydrogen (secondary N) is 2. The lowest BCUT2D eigenvalue weighted by Crippen LogP contribution is -1.99. The molecule has 0 aromatic heterocycles. The Morgan fingerprint density at radius 2 is 0.833 bits per heavy atom. The van der Waals surface area contributed by atoms with Gasteiger partial charge in [-0.1, -0.05) is 51.0 Å². The molecule has 0 aliphatic heterocycles. The quantitative estimate of drug-likeness (QED) is 0.327. The fourth-order valence-corrected chi connectivity index (χ4v) is 4.01. The third kappa shape index (κ3) is 9.35. The molecule has 0 atom stereocenters. The van der Waals surface area contributed by atoms with Gasteiger partial charge in [0.25, 0.3) is 0 Å². The highest BCUT2D eigenvalue weighted by Crippen LogP contribution is 2.20. The first-order valence-electron chi connectivity index (χ1n) is 11.4. The molecule has 2 N–H and O–H groups in total. The first-order valence-corrected chi connectivity index (χ1v) is 11.4. The van der Waals surface area contributed by atoms with Crippen molar-refractivity contribution in [2.75, 3.05) is 10.6 Å². The number of anilines is 2. The van der Waals surface area contributed by atoms with Crippen LogP contribution in [0.25, 0.3) is 0 Å². The van der Waals surface area contributed by atoms with Crippen molar-refractivity contribution in [1.29, 1.82) is 0 Å². The zero-order valence-corrected chi connectivity index (χ0v) is 19.5. The van der Waals surface area contributed by atoms with E-state index in [0.29, 0.717) is 0 Å². The molecule has 0 aliphatic rings. The highest BCUT2D eigenvalue weighted by atomic mass is 14.9. The molecule has 0 heterocycles. The summed E-state index contributed by atoms with van der Waals surface area (Å²) in [5, 5.41) is 6.93. The number of unbranched alkanes of at least 4 members (excludes halogenated alkanes) is 5. The van der Waals surface area contributed by atoms with E-state index in [2.05, 4.69) is 87.9 Å². The molecule has 2 heteroatoms. The highest BCUT2D eigenvalue weighted by Gasteiger charge is 2.01. The zero-order chi connectivity index (χ0) is 21.9. The predicted octanol–water partition coefficient (Wildman–Crippen LogP) is 8.59. The monoisotopic (exact) mass is 404 g/mol. The molecule has 30 heavy (non-hydrogen) atoms. The Kier molecular flexibility index (Phi) is 9.73. The summed E-state index contributed by atoms with van der Waals surface area (Å²) in [5.41, 5.74) is 9.71. The van der Waals surface area contributed by atoms with E-state index in [1.165, 1.54) is 60.8 Å². The van der Waals surface area contributed by atoms with Crippen LogP contribution in [0.5, 0.6) is 0 Å². The summed E-state index contributed by atoms with van der Waals surface area (Å²) in [7, 11) is 0. The number of hydrogen-bond donors (Lipinski definition) is 2. The molecule has 0 saturated heterocycles. The van der Waals surface area contributed by atoms with Gasteiger partial charge in [-0.2, -0.15) is 0 Å². The van der Waals surface area contributed by atoms with E-state index in [1.54, 1.807) is 0 Å². The summed E-state index contributed by atoms with van der Waals surface area (Å²) in [6.45, 7) is 16.9. The van der Waals surface area contributed by atoms with Crippen LogP contribution < -0.4 is 10.6 Å². The third-order valence-electron chi connectivity index (χ3n) is 5.29. The van der Waals surface area contributed by atoms with Gasteiger partial charge in [-0.05, 0) is 99.9 Å². The van der Waals surface area contributed by atoms with Gasteiger partial charge in [-0.15, -0.1) is 0 Å². The molecule has 0 saturated carbocycles. The third-order valence-corrected chi connectivity index (χ3v) is 5.29. The number of allylic oxidation sites excluding steroid dienone is 2. The molecular formula is C28H40N2. The molecule has 0 unspecified atom stereocenters. The SMILES string of the molecule is C=C(CCCCCCCCC(=C)Nc1cc(C)cc(C)c1)Nc1cc(C)cc(C)c1. The van der Waals surface area contributed by atoms with Crippen molar-refractivity contribution < 1.29 is 0 Å². The van der Waals surface area contributed by atoms with Crippen molar-refractivity contribution in [3.05, 3.63) is 83.2 Å². The second-order valence-corrected chi connectivity index (χ2v) is 8.83. The minimum absolute atomic E-state index is 1.05. The standard InChI is InChI=1S/C28H40N2/c1-21-15-22(2)18-27(17-21)29-25(5)13-11-9-7-8-10-12-14-26(6)30-28-19-23(3)16-24(4)20-28/h15-20,29-30H,5-14H2,1-4H3. The van der Waals surface area contributed by atoms with Crippen LogP contribution in [0.15, 0.2) is 61.0 Å². The molecule has 2 nitrogen and oxygen atoms in total. The van der Waals surface area contributed by atoms with Gasteiger partial charge in [0.15, 0.2) is 0 Å². The number of benzene rings is 2. The maximum atomic E-state index is 4.19. The van der Waals surface area contributed by atoms with E-state index in [-0.39, 0.29) is 0 Å². The van der Waals surface area contributed by atoms with E-state index < -0.39 is 0 Å². The maximum Gasteiger partial charge on any atom is 0.0386 e. The van der Waals surface area contributed by atoms with Crippen molar-refractivity contribution in [2.24, 2.45) is 0 Å². The Balaban J connectivity index is 1.51. The van der Waals surface area contributed by atoms with Crippen LogP contribution in [0.1, 0.15) is 73.6 Å². The average molecular weight is 405 g/mol. The number of aryl methyl sites for hydroxylation is 4. The van der Waals surface area contributed by atoms with Crippen LogP contribution in [-0.4, -0.2) is 0 Å². The van der Waals surface area contributed by atoms with Crippen molar-refractivity contribution in [2.45, 2.75) is 79.1 Å². The van der Waals surface area contributed by atoms with Crippen molar-refractivity contribution in [3.63, 3.8) is 0 Å². The first kappa shape index (κ1) is 23.8. The van der Waals surface area contributed by atoms with Gasteiger partial charge in [0.2, 0.25) is 0 Å². The fourth-order valence-electron chi connectivity index (χ4n) is 4.01. The van der Waals surface area contributed by atoms with Gasteiger partial charge < -0.3 is 10.6 Å². The molecule has 0 bridgehead atoms. The van der Waals surface area contributed by atoms with Crippen molar-refractivity contribution in [3.8, 4) is 0 Å². The van der Waals surface area contributed by atoms with Gasteiger partial charge in [0.1, 0.15) is 0 Å². The summed E-state index contributed by atoms with van der Waals surface area (Å²) >= 11 is 0. The molecule has 2 rings (SSSR count). The predicted molar refractivity (Wildman–Crippen MR) is 134 cm³/mol. The second-order valence-electron chi connectivity index (χ2n) is 8.83.